The molecule has 0 spiro atoms. The first-order chi connectivity index (χ1) is 35.5. The summed E-state index contributed by atoms with van der Waals surface area (Å²) in [7, 11) is 0. The maximum Gasteiger partial charge on any atom is 0.306 e. The van der Waals surface area contributed by atoms with Crippen molar-refractivity contribution < 1.29 is 28.6 Å². The molecule has 0 radical (unpaired) electrons. The second kappa shape index (κ2) is 59.9. The molecular formula is C66H112O6. The summed E-state index contributed by atoms with van der Waals surface area (Å²) in [4.78, 5) is 38.2. The Labute approximate surface area is 445 Å². The van der Waals surface area contributed by atoms with Crippen LogP contribution in [-0.2, 0) is 28.6 Å². The van der Waals surface area contributed by atoms with Crippen LogP contribution in [-0.4, -0.2) is 37.2 Å². The molecule has 412 valence electrons. The molecule has 0 rings (SSSR count). The second-order valence-corrected chi connectivity index (χ2v) is 19.9. The van der Waals surface area contributed by atoms with E-state index in [2.05, 4.69) is 118 Å². The van der Waals surface area contributed by atoms with Crippen LogP contribution < -0.4 is 0 Å². The topological polar surface area (TPSA) is 78.9 Å². The van der Waals surface area contributed by atoms with Gasteiger partial charge in [-0.1, -0.05) is 246 Å². The normalized spacial score (nSPS) is 12.8. The van der Waals surface area contributed by atoms with E-state index in [0.29, 0.717) is 19.3 Å². The van der Waals surface area contributed by atoms with Crippen molar-refractivity contribution in [2.45, 2.75) is 290 Å². The number of hydrogen-bond acceptors (Lipinski definition) is 6. The molecular weight excluding hydrogens is 889 g/mol. The summed E-state index contributed by atoms with van der Waals surface area (Å²) in [5, 5.41) is 0. The number of ether oxygens (including phenoxy) is 3. The first-order valence-electron chi connectivity index (χ1n) is 30.2. The number of unbranched alkanes of at least 4 members (excludes halogenated alkanes) is 27. The van der Waals surface area contributed by atoms with E-state index in [1.54, 1.807) is 0 Å². The highest BCUT2D eigenvalue weighted by molar-refractivity contribution is 5.71. The van der Waals surface area contributed by atoms with Gasteiger partial charge in [0.2, 0.25) is 0 Å². The smallest absolute Gasteiger partial charge is 0.306 e. The molecule has 0 fully saturated rings. The highest BCUT2D eigenvalue weighted by Crippen LogP contribution is 2.15. The van der Waals surface area contributed by atoms with Crippen molar-refractivity contribution in [3.05, 3.63) is 97.2 Å². The van der Waals surface area contributed by atoms with Gasteiger partial charge >= 0.3 is 17.9 Å². The fourth-order valence-electron chi connectivity index (χ4n) is 8.27. The maximum atomic E-state index is 12.8. The molecule has 0 aliphatic carbocycles. The van der Waals surface area contributed by atoms with Crippen LogP contribution in [0.15, 0.2) is 97.2 Å². The molecule has 0 aliphatic rings. The summed E-state index contributed by atoms with van der Waals surface area (Å²) in [5.74, 6) is -0.968. The Balaban J connectivity index is 4.42. The number of allylic oxidation sites excluding steroid dienone is 16. The monoisotopic (exact) mass is 1000 g/mol. The van der Waals surface area contributed by atoms with Crippen LogP contribution in [0.4, 0.5) is 0 Å². The Kier molecular flexibility index (Phi) is 56.8. The molecule has 0 aromatic carbocycles. The van der Waals surface area contributed by atoms with E-state index in [-0.39, 0.29) is 37.5 Å². The van der Waals surface area contributed by atoms with Crippen LogP contribution in [0, 0.1) is 0 Å². The first kappa shape index (κ1) is 68.3. The van der Waals surface area contributed by atoms with Crippen molar-refractivity contribution in [2.24, 2.45) is 0 Å². The molecule has 0 bridgehead atoms. The lowest BCUT2D eigenvalue weighted by Crippen LogP contribution is -2.30. The Bertz CT molecular complexity index is 1430. The number of carbonyl (C=O) groups excluding carboxylic acids is 3. The predicted molar refractivity (Wildman–Crippen MR) is 311 cm³/mol. The van der Waals surface area contributed by atoms with Gasteiger partial charge in [0, 0.05) is 19.3 Å². The summed E-state index contributed by atoms with van der Waals surface area (Å²) in [5.41, 5.74) is 0. The van der Waals surface area contributed by atoms with Gasteiger partial charge in [-0.3, -0.25) is 14.4 Å². The van der Waals surface area contributed by atoms with Gasteiger partial charge in [-0.15, -0.1) is 0 Å². The predicted octanol–water partition coefficient (Wildman–Crippen LogP) is 20.5. The van der Waals surface area contributed by atoms with Crippen LogP contribution in [0.1, 0.15) is 284 Å². The standard InChI is InChI=1S/C66H112O6/c1-4-7-10-13-16-19-22-25-28-30-31-32-33-34-35-37-38-41-44-47-50-53-56-59-65(68)71-62-63(61-70-64(67)58-55-52-49-46-43-40-27-24-21-18-15-12-9-6-3)72-66(69)60-57-54-51-48-45-42-39-36-29-26-23-20-17-14-11-8-5-2/h8,11,17,20,22,24-27,29-31,39,42,48,51,63H,4-7,9-10,12-16,18-19,21,23,28,32-38,40-41,43-47,49-50,52-62H2,1-3H3/b11-8-,20-17-,25-22-,27-24-,29-26-,31-30-,42-39-,51-48-. The van der Waals surface area contributed by atoms with Crippen molar-refractivity contribution >= 4 is 17.9 Å². The van der Waals surface area contributed by atoms with Crippen LogP contribution >= 0.6 is 0 Å². The molecule has 0 saturated carbocycles. The Morgan fingerprint density at radius 1 is 0.292 bits per heavy atom. The highest BCUT2D eigenvalue weighted by atomic mass is 16.6. The summed E-state index contributed by atoms with van der Waals surface area (Å²) >= 11 is 0. The minimum atomic E-state index is -0.813. The van der Waals surface area contributed by atoms with Gasteiger partial charge in [-0.05, 0) is 116 Å². The fraction of sp³-hybridized carbons (Fsp3) is 0.712. The van der Waals surface area contributed by atoms with Gasteiger partial charge < -0.3 is 14.2 Å². The lowest BCUT2D eigenvalue weighted by atomic mass is 10.0. The van der Waals surface area contributed by atoms with E-state index in [9.17, 15) is 14.4 Å². The van der Waals surface area contributed by atoms with Crippen LogP contribution in [0.2, 0.25) is 0 Å². The Morgan fingerprint density at radius 2 is 0.556 bits per heavy atom. The lowest BCUT2D eigenvalue weighted by molar-refractivity contribution is -0.167. The van der Waals surface area contributed by atoms with Gasteiger partial charge in [0.05, 0.1) is 0 Å². The third-order valence-electron chi connectivity index (χ3n) is 12.8. The van der Waals surface area contributed by atoms with Crippen molar-refractivity contribution in [1.29, 1.82) is 0 Å². The quantitative estimate of drug-likeness (QED) is 0.0261. The van der Waals surface area contributed by atoms with Crippen molar-refractivity contribution in [1.82, 2.24) is 0 Å². The molecule has 0 N–H and O–H groups in total. The van der Waals surface area contributed by atoms with Gasteiger partial charge in [0.25, 0.3) is 0 Å². The first-order valence-corrected chi connectivity index (χ1v) is 30.2. The van der Waals surface area contributed by atoms with Crippen molar-refractivity contribution in [3.8, 4) is 0 Å². The highest BCUT2D eigenvalue weighted by Gasteiger charge is 2.19. The summed E-state index contributed by atoms with van der Waals surface area (Å²) in [6.45, 7) is 6.47. The summed E-state index contributed by atoms with van der Waals surface area (Å²) < 4.78 is 16.8. The molecule has 6 nitrogen and oxygen atoms in total. The minimum Gasteiger partial charge on any atom is -0.462 e. The third-order valence-corrected chi connectivity index (χ3v) is 12.8. The van der Waals surface area contributed by atoms with Crippen LogP contribution in [0.25, 0.3) is 0 Å². The Hall–Kier alpha value is -3.67. The number of hydrogen-bond donors (Lipinski definition) is 0. The van der Waals surface area contributed by atoms with Crippen molar-refractivity contribution in [3.63, 3.8) is 0 Å². The van der Waals surface area contributed by atoms with Gasteiger partial charge in [0.15, 0.2) is 6.10 Å². The van der Waals surface area contributed by atoms with Crippen molar-refractivity contribution in [2.75, 3.05) is 13.2 Å². The van der Waals surface area contributed by atoms with E-state index >= 15 is 0 Å². The molecule has 1 atom stereocenters. The third kappa shape index (κ3) is 57.2. The second-order valence-electron chi connectivity index (χ2n) is 19.9. The van der Waals surface area contributed by atoms with E-state index in [1.165, 1.54) is 141 Å². The van der Waals surface area contributed by atoms with E-state index in [1.807, 2.05) is 0 Å². The Morgan fingerprint density at radius 3 is 0.903 bits per heavy atom. The van der Waals surface area contributed by atoms with E-state index < -0.39 is 6.10 Å². The molecule has 1 unspecified atom stereocenters. The molecule has 0 aromatic rings. The average Bonchev–Trinajstić information content (AvgIpc) is 3.38. The van der Waals surface area contributed by atoms with Gasteiger partial charge in [-0.2, -0.15) is 0 Å². The molecule has 0 amide bonds. The SMILES string of the molecule is CC/C=C\C/C=C\C/C=C\C/C=C\C/C=C\CCCC(=O)OC(COC(=O)CCCCCCC/C=C\CCCCCCC)COC(=O)CCCCCCCCCCCCC/C=C\C/C=C\CCCCCCC. The number of carbonyl (C=O) groups is 3. The van der Waals surface area contributed by atoms with Crippen LogP contribution in [0.3, 0.4) is 0 Å². The minimum absolute atomic E-state index is 0.104. The largest absolute Gasteiger partial charge is 0.462 e. The number of rotatable bonds is 54. The zero-order valence-corrected chi connectivity index (χ0v) is 47.2. The number of esters is 3. The molecule has 0 heterocycles. The van der Waals surface area contributed by atoms with Gasteiger partial charge in [0.1, 0.15) is 13.2 Å². The fourth-order valence-corrected chi connectivity index (χ4v) is 8.27. The summed E-state index contributed by atoms with van der Waals surface area (Å²) in [6.07, 6.45) is 79.8. The zero-order chi connectivity index (χ0) is 52.2. The molecule has 0 aromatic heterocycles. The maximum absolute atomic E-state index is 12.8. The van der Waals surface area contributed by atoms with Gasteiger partial charge in [-0.25, -0.2) is 0 Å². The summed E-state index contributed by atoms with van der Waals surface area (Å²) in [6, 6.07) is 0. The van der Waals surface area contributed by atoms with E-state index in [4.69, 9.17) is 14.2 Å². The molecule has 0 aliphatic heterocycles. The molecule has 6 heteroatoms. The molecule has 0 saturated heterocycles. The molecule has 72 heavy (non-hydrogen) atoms. The van der Waals surface area contributed by atoms with Crippen LogP contribution in [0.5, 0.6) is 0 Å². The van der Waals surface area contributed by atoms with E-state index in [0.717, 1.165) is 96.3 Å². The zero-order valence-electron chi connectivity index (χ0n) is 47.2. The lowest BCUT2D eigenvalue weighted by Gasteiger charge is -2.18. The average molecular weight is 1000 g/mol.